The van der Waals surface area contributed by atoms with Gasteiger partial charge in [-0.05, 0) is 110 Å². The molecule has 2 aromatic rings. The average molecular weight is 396 g/mol. The molecule has 0 radical (unpaired) electrons. The Morgan fingerprint density at radius 3 is 1.69 bits per heavy atom. The first-order valence-electron chi connectivity index (χ1n) is 10.6. The number of aliphatic imine (C=N–C) groups is 1. The summed E-state index contributed by atoms with van der Waals surface area (Å²) in [5.41, 5.74) is 4.42. The molecule has 0 unspecified atom stereocenters. The van der Waals surface area contributed by atoms with E-state index in [1.54, 1.807) is 0 Å². The predicted molar refractivity (Wildman–Crippen MR) is 123 cm³/mol. The van der Waals surface area contributed by atoms with Gasteiger partial charge in [-0.3, -0.25) is 0 Å². The van der Waals surface area contributed by atoms with Crippen molar-refractivity contribution in [3.63, 3.8) is 0 Å². The molecule has 2 aromatic carbocycles. The maximum absolute atomic E-state index is 4.50. The van der Waals surface area contributed by atoms with Gasteiger partial charge in [-0.15, -0.1) is 4.99 Å². The van der Waals surface area contributed by atoms with Gasteiger partial charge < -0.3 is 0 Å². The first kappa shape index (κ1) is 19.7. The maximum Gasteiger partial charge on any atom is 0.0743 e. The van der Waals surface area contributed by atoms with E-state index in [4.69, 9.17) is 0 Å². The molecule has 2 saturated carbocycles. The summed E-state index contributed by atoms with van der Waals surface area (Å²) >= 11 is 4.50. The van der Waals surface area contributed by atoms with Crippen LogP contribution in [0.4, 0.5) is 0 Å². The Labute approximate surface area is 179 Å². The summed E-state index contributed by atoms with van der Waals surface area (Å²) < 4.78 is 0. The van der Waals surface area contributed by atoms with Crippen molar-refractivity contribution >= 4 is 17.4 Å². The number of nitrogens with zero attached hydrogens (tertiary/aromatic N) is 1. The molecule has 4 rings (SSSR count). The second-order valence-corrected chi connectivity index (χ2v) is 8.47. The second-order valence-electron chi connectivity index (χ2n) is 8.29. The highest BCUT2D eigenvalue weighted by Gasteiger charge is 2.28. The highest BCUT2D eigenvalue weighted by molar-refractivity contribution is 7.78. The Morgan fingerprint density at radius 2 is 1.17 bits per heavy atom. The summed E-state index contributed by atoms with van der Waals surface area (Å²) in [5, 5.41) is 2.24. The number of benzene rings is 2. The van der Waals surface area contributed by atoms with Crippen molar-refractivity contribution in [3.8, 4) is 23.8 Å². The fourth-order valence-corrected chi connectivity index (χ4v) is 4.34. The molecule has 0 amide bonds. The molecule has 0 saturated heterocycles. The fraction of sp³-hybridized carbons (Fsp3) is 0.370. The molecule has 2 aliphatic rings. The van der Waals surface area contributed by atoms with E-state index in [-0.39, 0.29) is 0 Å². The lowest BCUT2D eigenvalue weighted by Gasteiger charge is -2.28. The molecule has 144 valence electrons. The predicted octanol–water partition coefficient (Wildman–Crippen LogP) is 6.57. The van der Waals surface area contributed by atoms with Gasteiger partial charge in [-0.25, -0.2) is 0 Å². The number of thiocarbonyl (C=S) groups is 1. The van der Waals surface area contributed by atoms with Crippen LogP contribution in [0.2, 0.25) is 0 Å². The van der Waals surface area contributed by atoms with E-state index in [1.165, 1.54) is 50.5 Å². The van der Waals surface area contributed by atoms with E-state index in [9.17, 15) is 0 Å². The van der Waals surface area contributed by atoms with E-state index in [0.717, 1.165) is 34.4 Å². The molecule has 2 fully saturated rings. The van der Waals surface area contributed by atoms with Gasteiger partial charge in [-0.1, -0.05) is 36.8 Å². The maximum atomic E-state index is 4.50. The lowest BCUT2D eigenvalue weighted by Crippen LogP contribution is -2.13. The van der Waals surface area contributed by atoms with Crippen molar-refractivity contribution in [2.24, 2.45) is 16.8 Å². The van der Waals surface area contributed by atoms with Crippen molar-refractivity contribution in [1.29, 1.82) is 0 Å². The van der Waals surface area contributed by atoms with E-state index >= 15 is 0 Å². The van der Waals surface area contributed by atoms with Gasteiger partial charge in [0, 0.05) is 16.7 Å². The minimum atomic E-state index is 0.740. The van der Waals surface area contributed by atoms with Crippen LogP contribution in [-0.4, -0.2) is 5.16 Å². The molecule has 0 heterocycles. The SMILES string of the molecule is S=C=NC#Cc1ccc(C#Cc2ccc(C3CCC(CC4CC4)CC3)cc2)cc1. The highest BCUT2D eigenvalue weighted by atomic mass is 32.1. The molecule has 0 aliphatic heterocycles. The van der Waals surface area contributed by atoms with Crippen LogP contribution in [0.1, 0.15) is 73.1 Å². The third kappa shape index (κ3) is 5.92. The van der Waals surface area contributed by atoms with Gasteiger partial charge in [0.1, 0.15) is 0 Å². The van der Waals surface area contributed by atoms with Crippen LogP contribution in [0.25, 0.3) is 0 Å². The van der Waals surface area contributed by atoms with Gasteiger partial charge in [0.25, 0.3) is 0 Å². The first-order chi connectivity index (χ1) is 14.3. The van der Waals surface area contributed by atoms with Crippen molar-refractivity contribution in [2.45, 2.75) is 50.9 Å². The minimum Gasteiger partial charge on any atom is -0.142 e. The number of hydrogen-bond acceptors (Lipinski definition) is 2. The van der Waals surface area contributed by atoms with E-state index < -0.39 is 0 Å². The van der Waals surface area contributed by atoms with Crippen molar-refractivity contribution < 1.29 is 0 Å². The van der Waals surface area contributed by atoms with Gasteiger partial charge in [-0.2, -0.15) is 0 Å². The molecule has 0 bridgehead atoms. The Morgan fingerprint density at radius 1 is 0.690 bits per heavy atom. The topological polar surface area (TPSA) is 12.4 Å². The van der Waals surface area contributed by atoms with Crippen molar-refractivity contribution in [1.82, 2.24) is 0 Å². The molecule has 0 spiro atoms. The van der Waals surface area contributed by atoms with Gasteiger partial charge in [0.15, 0.2) is 0 Å². The van der Waals surface area contributed by atoms with Crippen LogP contribution in [0, 0.1) is 35.6 Å². The molecule has 1 nitrogen and oxygen atoms in total. The van der Waals surface area contributed by atoms with Crippen LogP contribution in [0.5, 0.6) is 0 Å². The van der Waals surface area contributed by atoms with Crippen molar-refractivity contribution in [3.05, 3.63) is 70.8 Å². The quantitative estimate of drug-likeness (QED) is 0.325. The monoisotopic (exact) mass is 395 g/mol. The minimum absolute atomic E-state index is 0.740. The molecule has 0 N–H and O–H groups in total. The number of hydrogen-bond donors (Lipinski definition) is 0. The Bertz CT molecular complexity index is 993. The molecule has 0 aromatic heterocycles. The van der Waals surface area contributed by atoms with Crippen LogP contribution in [0.15, 0.2) is 53.5 Å². The van der Waals surface area contributed by atoms with Crippen LogP contribution in [0.3, 0.4) is 0 Å². The third-order valence-electron chi connectivity index (χ3n) is 6.13. The zero-order valence-corrected chi connectivity index (χ0v) is 17.5. The second kappa shape index (κ2) is 9.71. The summed E-state index contributed by atoms with van der Waals surface area (Å²) in [4.78, 5) is 3.60. The van der Waals surface area contributed by atoms with E-state index in [1.807, 2.05) is 24.3 Å². The standard InChI is InChI=1S/C27H25NS/c29-20-28-18-17-23-5-3-21(4-6-23)1-2-22-9-13-26(14-10-22)27-15-11-25(12-16-27)19-24-7-8-24/h3-6,9-10,13-14,24-25,27H,7-8,11-12,15-16,19H2. The van der Waals surface area contributed by atoms with Crippen LogP contribution >= 0.6 is 12.2 Å². The summed E-state index contributed by atoms with van der Waals surface area (Å²) in [6.07, 6.45) is 10.0. The molecular weight excluding hydrogens is 370 g/mol. The first-order valence-corrected chi connectivity index (χ1v) is 11.0. The summed E-state index contributed by atoms with van der Waals surface area (Å²) in [5.74, 6) is 12.2. The molecule has 2 heteroatoms. The van der Waals surface area contributed by atoms with Gasteiger partial charge >= 0.3 is 0 Å². The normalized spacial score (nSPS) is 20.4. The number of rotatable bonds is 3. The Hall–Kier alpha value is -2.64. The fourth-order valence-electron chi connectivity index (χ4n) is 4.29. The smallest absolute Gasteiger partial charge is 0.0743 e. The Kier molecular flexibility index (Phi) is 6.59. The highest BCUT2D eigenvalue weighted by Crippen LogP contribution is 2.43. The van der Waals surface area contributed by atoms with E-state index in [2.05, 4.69) is 70.4 Å². The third-order valence-corrected chi connectivity index (χ3v) is 6.22. The molecule has 0 atom stereocenters. The van der Waals surface area contributed by atoms with Crippen LogP contribution in [-0.2, 0) is 0 Å². The zero-order chi connectivity index (χ0) is 19.9. The lowest BCUT2D eigenvalue weighted by molar-refractivity contribution is 0.299. The average Bonchev–Trinajstić information content (AvgIpc) is 3.58. The molecule has 2 aliphatic carbocycles. The largest absolute Gasteiger partial charge is 0.142 e. The molecular formula is C27H25NS. The Balaban J connectivity index is 1.33. The van der Waals surface area contributed by atoms with E-state index in [0.29, 0.717) is 0 Å². The van der Waals surface area contributed by atoms with Crippen molar-refractivity contribution in [2.75, 3.05) is 0 Å². The number of isothiocyanates is 1. The molecule has 29 heavy (non-hydrogen) atoms. The van der Waals surface area contributed by atoms with Crippen LogP contribution < -0.4 is 0 Å². The van der Waals surface area contributed by atoms with Gasteiger partial charge in [0.05, 0.1) is 11.2 Å². The lowest BCUT2D eigenvalue weighted by atomic mass is 9.77. The summed E-state index contributed by atoms with van der Waals surface area (Å²) in [6, 6.07) is 19.3. The van der Waals surface area contributed by atoms with Gasteiger partial charge in [0.2, 0.25) is 0 Å². The summed E-state index contributed by atoms with van der Waals surface area (Å²) in [6.45, 7) is 0. The summed E-state index contributed by atoms with van der Waals surface area (Å²) in [7, 11) is 0. The zero-order valence-electron chi connectivity index (χ0n) is 16.7.